The lowest BCUT2D eigenvalue weighted by atomic mass is 10.1. The van der Waals surface area contributed by atoms with Crippen molar-refractivity contribution >= 4 is 28.7 Å². The van der Waals surface area contributed by atoms with Crippen LogP contribution in [0.5, 0.6) is 0 Å². The average Bonchev–Trinajstić information content (AvgIpc) is 3.47. The number of hydrogen-bond donors (Lipinski definition) is 1. The molecule has 7 nitrogen and oxygen atoms in total. The number of anilines is 1. The number of halogens is 1. The van der Waals surface area contributed by atoms with Gasteiger partial charge in [-0.2, -0.15) is 5.10 Å². The fourth-order valence-corrected chi connectivity index (χ4v) is 4.07. The van der Waals surface area contributed by atoms with E-state index in [9.17, 15) is 4.79 Å². The number of benzene rings is 2. The molecule has 1 unspecified atom stereocenters. The Morgan fingerprint density at radius 2 is 1.79 bits per heavy atom. The van der Waals surface area contributed by atoms with Gasteiger partial charge in [0.2, 0.25) is 0 Å². The molecule has 170 valence electrons. The highest BCUT2D eigenvalue weighted by Gasteiger charge is 2.20. The molecule has 0 aliphatic carbocycles. The monoisotopic (exact) mass is 471 g/mol. The van der Waals surface area contributed by atoms with E-state index >= 15 is 0 Å². The highest BCUT2D eigenvalue weighted by molar-refractivity contribution is 6.30. The van der Waals surface area contributed by atoms with Crippen LogP contribution in [0.15, 0.2) is 85.6 Å². The standard InChI is InChI=1S/C26H22ClN5O2/c1-31-15-20(14-29-31)19-13-23-24(28-11-12-32(23)16-19)17-5-9-22(10-6-17)30-26(33)25(34-2)18-3-7-21(27)8-4-18/h3-16,25H,1-2H3,(H,30,33). The van der Waals surface area contributed by atoms with E-state index in [1.54, 1.807) is 35.1 Å². The van der Waals surface area contributed by atoms with Crippen molar-refractivity contribution in [2.45, 2.75) is 6.10 Å². The highest BCUT2D eigenvalue weighted by atomic mass is 35.5. The molecule has 3 aromatic heterocycles. The molecule has 1 N–H and O–H groups in total. The number of ether oxygens (including phenoxy) is 1. The summed E-state index contributed by atoms with van der Waals surface area (Å²) in [5.74, 6) is -0.259. The molecule has 0 saturated carbocycles. The zero-order valence-corrected chi connectivity index (χ0v) is 19.4. The van der Waals surface area contributed by atoms with Crippen LogP contribution in [-0.2, 0) is 16.6 Å². The zero-order chi connectivity index (χ0) is 23.7. The molecule has 3 heterocycles. The number of carbonyl (C=O) groups excluding carboxylic acids is 1. The van der Waals surface area contributed by atoms with E-state index in [0.717, 1.165) is 33.5 Å². The van der Waals surface area contributed by atoms with Crippen molar-refractivity contribution in [1.29, 1.82) is 0 Å². The van der Waals surface area contributed by atoms with Crippen LogP contribution in [0, 0.1) is 0 Å². The fraction of sp³-hybridized carbons (Fsp3) is 0.115. The maximum atomic E-state index is 12.8. The summed E-state index contributed by atoms with van der Waals surface area (Å²) in [4.78, 5) is 17.4. The van der Waals surface area contributed by atoms with E-state index < -0.39 is 6.10 Å². The zero-order valence-electron chi connectivity index (χ0n) is 18.6. The largest absolute Gasteiger partial charge is 0.367 e. The van der Waals surface area contributed by atoms with Gasteiger partial charge in [-0.3, -0.25) is 14.5 Å². The number of carbonyl (C=O) groups is 1. The van der Waals surface area contributed by atoms with Crippen LogP contribution in [0.4, 0.5) is 5.69 Å². The number of rotatable bonds is 6. The Bertz CT molecular complexity index is 1460. The van der Waals surface area contributed by atoms with Gasteiger partial charge in [-0.1, -0.05) is 35.9 Å². The van der Waals surface area contributed by atoms with E-state index in [0.29, 0.717) is 10.7 Å². The third kappa shape index (κ3) is 4.31. The van der Waals surface area contributed by atoms with E-state index in [4.69, 9.17) is 16.3 Å². The summed E-state index contributed by atoms with van der Waals surface area (Å²) >= 11 is 5.95. The SMILES string of the molecule is COC(C(=O)Nc1ccc(-c2nccn3cc(-c4cnn(C)c4)cc23)cc1)c1ccc(Cl)cc1. The lowest BCUT2D eigenvalue weighted by Crippen LogP contribution is -2.22. The number of methoxy groups -OCH3 is 1. The summed E-state index contributed by atoms with van der Waals surface area (Å²) in [7, 11) is 3.41. The molecule has 1 atom stereocenters. The number of nitrogens with one attached hydrogen (secondary N) is 1. The predicted molar refractivity (Wildman–Crippen MR) is 133 cm³/mol. The summed E-state index contributed by atoms with van der Waals surface area (Å²) in [5, 5.41) is 7.78. The molecule has 2 aromatic carbocycles. The van der Waals surface area contributed by atoms with Gasteiger partial charge in [0.25, 0.3) is 5.91 Å². The topological polar surface area (TPSA) is 73.4 Å². The Morgan fingerprint density at radius 3 is 2.47 bits per heavy atom. The molecule has 0 aliphatic heterocycles. The number of aromatic nitrogens is 4. The molecule has 34 heavy (non-hydrogen) atoms. The van der Waals surface area contributed by atoms with Crippen molar-refractivity contribution in [1.82, 2.24) is 19.2 Å². The molecule has 0 bridgehead atoms. The van der Waals surface area contributed by atoms with Crippen LogP contribution in [0.25, 0.3) is 27.9 Å². The van der Waals surface area contributed by atoms with Gasteiger partial charge in [-0.05, 0) is 35.9 Å². The van der Waals surface area contributed by atoms with Crippen molar-refractivity contribution < 1.29 is 9.53 Å². The minimum atomic E-state index is -0.737. The van der Waals surface area contributed by atoms with Crippen LogP contribution in [0.3, 0.4) is 0 Å². The fourth-order valence-electron chi connectivity index (χ4n) is 3.94. The van der Waals surface area contributed by atoms with Gasteiger partial charge in [0, 0.05) is 66.3 Å². The molecular weight excluding hydrogens is 450 g/mol. The number of aryl methyl sites for hydroxylation is 1. The second-order valence-corrected chi connectivity index (χ2v) is 8.37. The van der Waals surface area contributed by atoms with Crippen molar-refractivity contribution in [3.63, 3.8) is 0 Å². The third-order valence-corrected chi connectivity index (χ3v) is 5.88. The van der Waals surface area contributed by atoms with E-state index in [1.165, 1.54) is 7.11 Å². The van der Waals surface area contributed by atoms with Crippen molar-refractivity contribution in [2.24, 2.45) is 7.05 Å². The number of fused-ring (bicyclic) bond motifs is 1. The van der Waals surface area contributed by atoms with E-state index in [2.05, 4.69) is 32.1 Å². The molecule has 8 heteroatoms. The van der Waals surface area contributed by atoms with Gasteiger partial charge in [0.05, 0.1) is 17.4 Å². The first-order valence-corrected chi connectivity index (χ1v) is 11.0. The third-order valence-electron chi connectivity index (χ3n) is 5.63. The van der Waals surface area contributed by atoms with Gasteiger partial charge in [-0.15, -0.1) is 0 Å². The van der Waals surface area contributed by atoms with Crippen LogP contribution >= 0.6 is 11.6 Å². The van der Waals surface area contributed by atoms with E-state index in [1.807, 2.05) is 49.9 Å². The first-order chi connectivity index (χ1) is 16.5. The van der Waals surface area contributed by atoms with Crippen molar-refractivity contribution in [3.8, 4) is 22.4 Å². The summed E-state index contributed by atoms with van der Waals surface area (Å²) in [5.41, 5.74) is 6.30. The van der Waals surface area contributed by atoms with Gasteiger partial charge in [0.15, 0.2) is 6.10 Å². The predicted octanol–water partition coefficient (Wildman–Crippen LogP) is 5.38. The number of hydrogen-bond acceptors (Lipinski definition) is 4. The van der Waals surface area contributed by atoms with Gasteiger partial charge >= 0.3 is 0 Å². The normalized spacial score (nSPS) is 12.1. The Morgan fingerprint density at radius 1 is 1.03 bits per heavy atom. The smallest absolute Gasteiger partial charge is 0.258 e. The quantitative estimate of drug-likeness (QED) is 0.361. The summed E-state index contributed by atoms with van der Waals surface area (Å²) in [6, 6.07) is 16.7. The second-order valence-electron chi connectivity index (χ2n) is 7.93. The molecule has 0 saturated heterocycles. The van der Waals surface area contributed by atoms with Crippen LogP contribution in [-0.4, -0.2) is 32.2 Å². The average molecular weight is 472 g/mol. The Hall–Kier alpha value is -3.94. The molecule has 0 radical (unpaired) electrons. The molecule has 5 rings (SSSR count). The molecular formula is C26H22ClN5O2. The maximum Gasteiger partial charge on any atom is 0.258 e. The van der Waals surface area contributed by atoms with Gasteiger partial charge in [-0.25, -0.2) is 0 Å². The lowest BCUT2D eigenvalue weighted by molar-refractivity contribution is -0.126. The van der Waals surface area contributed by atoms with Crippen molar-refractivity contribution in [3.05, 3.63) is 96.2 Å². The van der Waals surface area contributed by atoms with Crippen molar-refractivity contribution in [2.75, 3.05) is 12.4 Å². The van der Waals surface area contributed by atoms with Crippen LogP contribution in [0.2, 0.25) is 5.02 Å². The first kappa shape index (κ1) is 21.9. The summed E-state index contributed by atoms with van der Waals surface area (Å²) in [6.07, 6.45) is 8.86. The Kier molecular flexibility index (Phi) is 5.88. The first-order valence-electron chi connectivity index (χ1n) is 10.7. The highest BCUT2D eigenvalue weighted by Crippen LogP contribution is 2.29. The lowest BCUT2D eigenvalue weighted by Gasteiger charge is -2.16. The Balaban J connectivity index is 1.38. The molecule has 0 spiro atoms. The summed E-state index contributed by atoms with van der Waals surface area (Å²) in [6.45, 7) is 0. The minimum Gasteiger partial charge on any atom is -0.367 e. The molecule has 0 fully saturated rings. The van der Waals surface area contributed by atoms with Crippen LogP contribution in [0.1, 0.15) is 11.7 Å². The number of nitrogens with zero attached hydrogens (tertiary/aromatic N) is 4. The summed E-state index contributed by atoms with van der Waals surface area (Å²) < 4.78 is 9.25. The minimum absolute atomic E-state index is 0.259. The van der Waals surface area contributed by atoms with Crippen LogP contribution < -0.4 is 5.32 Å². The molecule has 0 aliphatic rings. The Labute approximate surface area is 201 Å². The number of amides is 1. The molecule has 1 amide bonds. The maximum absolute atomic E-state index is 12.8. The second kappa shape index (κ2) is 9.13. The van der Waals surface area contributed by atoms with Gasteiger partial charge < -0.3 is 14.5 Å². The van der Waals surface area contributed by atoms with E-state index in [-0.39, 0.29) is 5.91 Å². The van der Waals surface area contributed by atoms with Gasteiger partial charge in [0.1, 0.15) is 0 Å². The molecule has 5 aromatic rings.